The molecule has 140 valence electrons. The fourth-order valence-corrected chi connectivity index (χ4v) is 2.29. The fraction of sp³-hybridized carbons (Fsp3) is 0.111. The highest BCUT2D eigenvalue weighted by molar-refractivity contribution is 6.31. The topological polar surface area (TPSA) is 74.1 Å². The number of para-hydroxylation sites is 1. The third-order valence-electron chi connectivity index (χ3n) is 3.38. The third-order valence-corrected chi connectivity index (χ3v) is 3.61. The molecule has 0 aromatic heterocycles. The van der Waals surface area contributed by atoms with Crippen molar-refractivity contribution >= 4 is 28.9 Å². The summed E-state index contributed by atoms with van der Waals surface area (Å²) in [6.07, 6.45) is -3.68. The Kier molecular flexibility index (Phi) is 6.32. The van der Waals surface area contributed by atoms with Crippen molar-refractivity contribution in [2.75, 3.05) is 17.7 Å². The monoisotopic (exact) mass is 395 g/mol. The van der Waals surface area contributed by atoms with Crippen molar-refractivity contribution in [3.63, 3.8) is 0 Å². The molecule has 0 saturated heterocycles. The number of nitriles is 1. The molecular formula is C18H13ClF3N3O2. The van der Waals surface area contributed by atoms with E-state index < -0.39 is 23.2 Å². The number of nitrogens with one attached hydrogen (secondary N) is 2. The first kappa shape index (κ1) is 20.1. The molecule has 0 spiro atoms. The lowest BCUT2D eigenvalue weighted by atomic mass is 10.1. The highest BCUT2D eigenvalue weighted by Crippen LogP contribution is 2.34. The van der Waals surface area contributed by atoms with Crippen LogP contribution in [0.1, 0.15) is 5.56 Å². The summed E-state index contributed by atoms with van der Waals surface area (Å²) in [4.78, 5) is 12.3. The van der Waals surface area contributed by atoms with Crippen molar-refractivity contribution in [1.29, 1.82) is 5.26 Å². The Balaban J connectivity index is 2.24. The molecule has 2 N–H and O–H groups in total. The lowest BCUT2D eigenvalue weighted by Crippen LogP contribution is -2.15. The fourth-order valence-electron chi connectivity index (χ4n) is 2.12. The van der Waals surface area contributed by atoms with Gasteiger partial charge in [-0.2, -0.15) is 18.4 Å². The van der Waals surface area contributed by atoms with Crippen molar-refractivity contribution in [2.24, 2.45) is 0 Å². The van der Waals surface area contributed by atoms with E-state index in [0.717, 1.165) is 12.3 Å². The number of halogens is 4. The number of hydrogen-bond acceptors (Lipinski definition) is 4. The minimum absolute atomic E-state index is 0.215. The minimum Gasteiger partial charge on any atom is -0.495 e. The molecule has 2 aromatic rings. The molecule has 0 atom stereocenters. The Morgan fingerprint density at radius 3 is 2.56 bits per heavy atom. The zero-order valence-corrected chi connectivity index (χ0v) is 14.7. The summed E-state index contributed by atoms with van der Waals surface area (Å²) in [5.41, 5.74) is -1.43. The van der Waals surface area contributed by atoms with Gasteiger partial charge in [0.05, 0.1) is 24.0 Å². The number of anilines is 2. The molecule has 0 bridgehead atoms. The van der Waals surface area contributed by atoms with E-state index in [-0.39, 0.29) is 11.4 Å². The van der Waals surface area contributed by atoms with Gasteiger partial charge < -0.3 is 15.4 Å². The average molecular weight is 396 g/mol. The SMILES string of the molecule is COc1ccc(Cl)cc1NC(=O)/C(C#N)=C\Nc1ccccc1C(F)(F)F. The second-order valence-corrected chi connectivity index (χ2v) is 5.59. The number of nitrogens with zero attached hydrogens (tertiary/aromatic N) is 1. The van der Waals surface area contributed by atoms with Gasteiger partial charge in [0.15, 0.2) is 0 Å². The Bertz CT molecular complexity index is 921. The molecule has 0 unspecified atom stereocenters. The number of alkyl halides is 3. The molecule has 0 aliphatic carbocycles. The number of carbonyl (C=O) groups is 1. The van der Waals surface area contributed by atoms with E-state index >= 15 is 0 Å². The standard InChI is InChI=1S/C18H13ClF3N3O2/c1-27-16-7-6-12(19)8-15(16)25-17(26)11(9-23)10-24-14-5-3-2-4-13(14)18(20,21)22/h2-8,10,24H,1H3,(H,25,26)/b11-10-. The molecule has 0 fully saturated rings. The van der Waals surface area contributed by atoms with Gasteiger partial charge in [0, 0.05) is 11.2 Å². The predicted molar refractivity (Wildman–Crippen MR) is 95.4 cm³/mol. The minimum atomic E-state index is -4.58. The molecule has 0 heterocycles. The normalized spacial score (nSPS) is 11.5. The Labute approximate surface area is 158 Å². The van der Waals surface area contributed by atoms with Crippen molar-refractivity contribution in [3.8, 4) is 11.8 Å². The van der Waals surface area contributed by atoms with Crippen LogP contribution < -0.4 is 15.4 Å². The van der Waals surface area contributed by atoms with Crippen LogP contribution in [0.15, 0.2) is 54.2 Å². The van der Waals surface area contributed by atoms with Gasteiger partial charge in [0.1, 0.15) is 17.4 Å². The zero-order valence-electron chi connectivity index (χ0n) is 13.9. The molecule has 0 radical (unpaired) electrons. The second-order valence-electron chi connectivity index (χ2n) is 5.16. The number of rotatable bonds is 5. The molecule has 27 heavy (non-hydrogen) atoms. The molecule has 0 saturated carbocycles. The van der Waals surface area contributed by atoms with Gasteiger partial charge >= 0.3 is 6.18 Å². The van der Waals surface area contributed by atoms with Gasteiger partial charge in [-0.25, -0.2) is 0 Å². The summed E-state index contributed by atoms with van der Waals surface area (Å²) in [5.74, 6) is -0.532. The first-order chi connectivity index (χ1) is 12.8. The predicted octanol–water partition coefficient (Wildman–Crippen LogP) is 4.83. The van der Waals surface area contributed by atoms with E-state index in [0.29, 0.717) is 10.8 Å². The highest BCUT2D eigenvalue weighted by Gasteiger charge is 2.33. The van der Waals surface area contributed by atoms with Crippen LogP contribution in [0, 0.1) is 11.3 Å². The molecule has 9 heteroatoms. The number of ether oxygens (including phenoxy) is 1. The van der Waals surface area contributed by atoms with Crippen LogP contribution in [0.4, 0.5) is 24.5 Å². The average Bonchev–Trinajstić information content (AvgIpc) is 2.62. The van der Waals surface area contributed by atoms with E-state index in [1.54, 1.807) is 12.1 Å². The number of amides is 1. The number of methoxy groups -OCH3 is 1. The van der Waals surface area contributed by atoms with Gasteiger partial charge in [-0.3, -0.25) is 4.79 Å². The summed E-state index contributed by atoms with van der Waals surface area (Å²) < 4.78 is 44.1. The number of carbonyl (C=O) groups excluding carboxylic acids is 1. The largest absolute Gasteiger partial charge is 0.495 e. The lowest BCUT2D eigenvalue weighted by Gasteiger charge is -2.13. The molecule has 1 amide bonds. The van der Waals surface area contributed by atoms with Gasteiger partial charge in [-0.1, -0.05) is 23.7 Å². The summed E-state index contributed by atoms with van der Waals surface area (Å²) in [6.45, 7) is 0. The van der Waals surface area contributed by atoms with Crippen LogP contribution >= 0.6 is 11.6 Å². The van der Waals surface area contributed by atoms with Crippen LogP contribution in [-0.2, 0) is 11.0 Å². The maximum atomic E-state index is 13.0. The maximum Gasteiger partial charge on any atom is 0.418 e. The quantitative estimate of drug-likeness (QED) is 0.562. The molecular weight excluding hydrogens is 383 g/mol. The smallest absolute Gasteiger partial charge is 0.418 e. The van der Waals surface area contributed by atoms with E-state index in [1.165, 1.54) is 37.4 Å². The molecule has 5 nitrogen and oxygen atoms in total. The Hall–Kier alpha value is -3.18. The van der Waals surface area contributed by atoms with E-state index in [4.69, 9.17) is 21.6 Å². The molecule has 0 aliphatic heterocycles. The molecule has 0 aliphatic rings. The van der Waals surface area contributed by atoms with Crippen LogP contribution in [0.5, 0.6) is 5.75 Å². The first-order valence-corrected chi connectivity index (χ1v) is 7.82. The number of benzene rings is 2. The zero-order chi connectivity index (χ0) is 20.0. The summed E-state index contributed by atoms with van der Waals surface area (Å²) >= 11 is 5.87. The van der Waals surface area contributed by atoms with Gasteiger partial charge in [0.2, 0.25) is 0 Å². The summed E-state index contributed by atoms with van der Waals surface area (Å²) in [6, 6.07) is 10.8. The second kappa shape index (κ2) is 8.47. The Morgan fingerprint density at radius 2 is 1.93 bits per heavy atom. The highest BCUT2D eigenvalue weighted by atomic mass is 35.5. The first-order valence-electron chi connectivity index (χ1n) is 7.44. The lowest BCUT2D eigenvalue weighted by molar-refractivity contribution is -0.136. The van der Waals surface area contributed by atoms with Crippen LogP contribution in [0.2, 0.25) is 5.02 Å². The maximum absolute atomic E-state index is 13.0. The van der Waals surface area contributed by atoms with Crippen molar-refractivity contribution in [2.45, 2.75) is 6.18 Å². The van der Waals surface area contributed by atoms with Crippen molar-refractivity contribution in [1.82, 2.24) is 0 Å². The van der Waals surface area contributed by atoms with Gasteiger partial charge in [-0.05, 0) is 30.3 Å². The van der Waals surface area contributed by atoms with Crippen LogP contribution in [0.3, 0.4) is 0 Å². The van der Waals surface area contributed by atoms with Gasteiger partial charge in [-0.15, -0.1) is 0 Å². The summed E-state index contributed by atoms with van der Waals surface area (Å²) in [7, 11) is 1.38. The van der Waals surface area contributed by atoms with Crippen molar-refractivity contribution in [3.05, 3.63) is 64.8 Å². The van der Waals surface area contributed by atoms with E-state index in [1.807, 2.05) is 0 Å². The molecule has 2 rings (SSSR count). The van der Waals surface area contributed by atoms with Crippen molar-refractivity contribution < 1.29 is 22.7 Å². The van der Waals surface area contributed by atoms with Crippen LogP contribution in [0.25, 0.3) is 0 Å². The van der Waals surface area contributed by atoms with E-state index in [9.17, 15) is 18.0 Å². The summed E-state index contributed by atoms with van der Waals surface area (Å²) in [5, 5.41) is 14.3. The van der Waals surface area contributed by atoms with Crippen LogP contribution in [-0.4, -0.2) is 13.0 Å². The third kappa shape index (κ3) is 5.15. The Morgan fingerprint density at radius 1 is 1.22 bits per heavy atom. The number of hydrogen-bond donors (Lipinski definition) is 2. The van der Waals surface area contributed by atoms with Gasteiger partial charge in [0.25, 0.3) is 5.91 Å². The van der Waals surface area contributed by atoms with E-state index in [2.05, 4.69) is 10.6 Å². The molecule has 2 aromatic carbocycles.